The quantitative estimate of drug-likeness (QED) is 0.870. The Bertz CT molecular complexity index is 491. The van der Waals surface area contributed by atoms with E-state index >= 15 is 0 Å². The summed E-state index contributed by atoms with van der Waals surface area (Å²) in [6, 6.07) is 3.32. The van der Waals surface area contributed by atoms with E-state index in [1.165, 1.54) is 18.2 Å². The van der Waals surface area contributed by atoms with Crippen molar-refractivity contribution in [2.45, 2.75) is 26.3 Å². The minimum Gasteiger partial charge on any atom is -0.480 e. The highest BCUT2D eigenvalue weighted by Gasteiger charge is 2.23. The number of benzene rings is 1. The van der Waals surface area contributed by atoms with E-state index in [0.29, 0.717) is 5.56 Å². The third-order valence-electron chi connectivity index (χ3n) is 2.60. The summed E-state index contributed by atoms with van der Waals surface area (Å²) in [5.74, 6) is -2.08. The van der Waals surface area contributed by atoms with Gasteiger partial charge in [-0.2, -0.15) is 0 Å². The highest BCUT2D eigenvalue weighted by Crippen LogP contribution is 2.17. The fourth-order valence-corrected chi connectivity index (χ4v) is 2.00. The standard InChI is InChI=1S/C13H15BrFNO3/c1-7(2)12(13(18)19)16-11(17)6-8-3-4-10(15)9(14)5-8/h3-5,7,12H,6H2,1-2H3,(H,16,17)(H,18,19)/t12-/m1/s1. The van der Waals surface area contributed by atoms with Gasteiger partial charge in [0.25, 0.3) is 0 Å². The van der Waals surface area contributed by atoms with Gasteiger partial charge in [-0.25, -0.2) is 9.18 Å². The van der Waals surface area contributed by atoms with Gasteiger partial charge in [0.15, 0.2) is 0 Å². The Morgan fingerprint density at radius 3 is 2.53 bits per heavy atom. The molecule has 0 radical (unpaired) electrons. The van der Waals surface area contributed by atoms with Crippen molar-refractivity contribution >= 4 is 27.8 Å². The molecular formula is C13H15BrFNO3. The molecule has 19 heavy (non-hydrogen) atoms. The molecule has 1 atom stereocenters. The Morgan fingerprint density at radius 1 is 1.42 bits per heavy atom. The van der Waals surface area contributed by atoms with Crippen LogP contribution < -0.4 is 5.32 Å². The number of nitrogens with one attached hydrogen (secondary N) is 1. The van der Waals surface area contributed by atoms with Crippen molar-refractivity contribution in [3.8, 4) is 0 Å². The molecule has 4 nitrogen and oxygen atoms in total. The van der Waals surface area contributed by atoms with Crippen molar-refractivity contribution in [2.75, 3.05) is 0 Å². The predicted molar refractivity (Wildman–Crippen MR) is 72.2 cm³/mol. The number of carboxylic acids is 1. The van der Waals surface area contributed by atoms with Crippen LogP contribution in [0.1, 0.15) is 19.4 Å². The summed E-state index contributed by atoms with van der Waals surface area (Å²) in [7, 11) is 0. The van der Waals surface area contributed by atoms with Gasteiger partial charge in [-0.1, -0.05) is 19.9 Å². The molecule has 6 heteroatoms. The maximum atomic E-state index is 13.0. The molecule has 0 saturated carbocycles. The first-order chi connectivity index (χ1) is 8.81. The van der Waals surface area contributed by atoms with E-state index in [-0.39, 0.29) is 16.8 Å². The molecule has 0 heterocycles. The fourth-order valence-electron chi connectivity index (χ4n) is 1.57. The molecule has 0 aliphatic carbocycles. The first-order valence-electron chi connectivity index (χ1n) is 5.77. The number of amides is 1. The van der Waals surface area contributed by atoms with Crippen molar-refractivity contribution < 1.29 is 19.1 Å². The highest BCUT2D eigenvalue weighted by atomic mass is 79.9. The monoisotopic (exact) mass is 331 g/mol. The van der Waals surface area contributed by atoms with Crippen LogP contribution in [0.25, 0.3) is 0 Å². The molecule has 0 fully saturated rings. The smallest absolute Gasteiger partial charge is 0.326 e. The lowest BCUT2D eigenvalue weighted by atomic mass is 10.0. The van der Waals surface area contributed by atoms with Gasteiger partial charge < -0.3 is 10.4 Å². The molecule has 0 aliphatic heterocycles. The second-order valence-corrected chi connectivity index (χ2v) is 5.41. The zero-order valence-electron chi connectivity index (χ0n) is 10.6. The van der Waals surface area contributed by atoms with Crippen molar-refractivity contribution in [3.05, 3.63) is 34.1 Å². The molecule has 1 aromatic rings. The zero-order valence-corrected chi connectivity index (χ0v) is 12.2. The molecule has 0 aromatic heterocycles. The SMILES string of the molecule is CC(C)[C@@H](NC(=O)Cc1ccc(F)c(Br)c1)C(=O)O. The molecule has 0 aliphatic rings. The second-order valence-electron chi connectivity index (χ2n) is 4.55. The van der Waals surface area contributed by atoms with E-state index in [4.69, 9.17) is 5.11 Å². The summed E-state index contributed by atoms with van der Waals surface area (Å²) in [5.41, 5.74) is 0.610. The zero-order chi connectivity index (χ0) is 14.6. The van der Waals surface area contributed by atoms with Crippen molar-refractivity contribution in [1.82, 2.24) is 5.32 Å². The van der Waals surface area contributed by atoms with Gasteiger partial charge in [0.05, 0.1) is 10.9 Å². The number of rotatable bonds is 5. The van der Waals surface area contributed by atoms with Crippen molar-refractivity contribution in [1.29, 1.82) is 0 Å². The van der Waals surface area contributed by atoms with Crippen LogP contribution >= 0.6 is 15.9 Å². The second kappa shape index (κ2) is 6.65. The number of carboxylic acid groups (broad SMARTS) is 1. The molecule has 0 spiro atoms. The van der Waals surface area contributed by atoms with Gasteiger partial charge in [0, 0.05) is 0 Å². The summed E-state index contributed by atoms with van der Waals surface area (Å²) in [5, 5.41) is 11.4. The van der Waals surface area contributed by atoms with Gasteiger partial charge in [0.2, 0.25) is 5.91 Å². The van der Waals surface area contributed by atoms with Gasteiger partial charge in [-0.05, 0) is 39.5 Å². The lowest BCUT2D eigenvalue weighted by Gasteiger charge is -2.17. The molecule has 0 saturated heterocycles. The van der Waals surface area contributed by atoms with Crippen LogP contribution in [0.3, 0.4) is 0 Å². The molecule has 104 valence electrons. The molecule has 1 amide bonds. The lowest BCUT2D eigenvalue weighted by molar-refractivity contribution is -0.143. The maximum Gasteiger partial charge on any atom is 0.326 e. The Hall–Kier alpha value is -1.43. The van der Waals surface area contributed by atoms with Crippen LogP contribution in [0.4, 0.5) is 4.39 Å². The van der Waals surface area contributed by atoms with Crippen molar-refractivity contribution in [3.63, 3.8) is 0 Å². The molecular weight excluding hydrogens is 317 g/mol. The lowest BCUT2D eigenvalue weighted by Crippen LogP contribution is -2.44. The van der Waals surface area contributed by atoms with E-state index in [0.717, 1.165) is 0 Å². The average molecular weight is 332 g/mol. The summed E-state index contributed by atoms with van der Waals surface area (Å²) in [4.78, 5) is 22.7. The summed E-state index contributed by atoms with van der Waals surface area (Å²) in [6.07, 6.45) is 0.00931. The first-order valence-corrected chi connectivity index (χ1v) is 6.56. The normalized spacial score (nSPS) is 12.3. The number of halogens is 2. The number of aliphatic carboxylic acids is 1. The van der Waals surface area contributed by atoms with Crippen LogP contribution in [-0.2, 0) is 16.0 Å². The van der Waals surface area contributed by atoms with Gasteiger partial charge in [-0.3, -0.25) is 4.79 Å². The summed E-state index contributed by atoms with van der Waals surface area (Å²) >= 11 is 3.03. The number of carbonyl (C=O) groups is 2. The first kappa shape index (κ1) is 15.6. The minimum absolute atomic E-state index is 0.00931. The van der Waals surface area contributed by atoms with Crippen molar-refractivity contribution in [2.24, 2.45) is 5.92 Å². The number of hydrogen-bond acceptors (Lipinski definition) is 2. The Morgan fingerprint density at radius 2 is 2.05 bits per heavy atom. The van der Waals surface area contributed by atoms with Crippen LogP contribution in [0.5, 0.6) is 0 Å². The molecule has 1 aromatic carbocycles. The third kappa shape index (κ3) is 4.63. The fraction of sp³-hybridized carbons (Fsp3) is 0.385. The number of hydrogen-bond donors (Lipinski definition) is 2. The van der Waals surface area contributed by atoms with Crippen LogP contribution in [-0.4, -0.2) is 23.0 Å². The largest absolute Gasteiger partial charge is 0.480 e. The maximum absolute atomic E-state index is 13.0. The Labute approximate surface area is 119 Å². The van der Waals surface area contributed by atoms with E-state index in [2.05, 4.69) is 21.2 Å². The Balaban J connectivity index is 2.69. The summed E-state index contributed by atoms with van der Waals surface area (Å²) in [6.45, 7) is 3.43. The number of carbonyl (C=O) groups excluding carboxylic acids is 1. The minimum atomic E-state index is -1.07. The van der Waals surface area contributed by atoms with E-state index in [1.54, 1.807) is 13.8 Å². The van der Waals surface area contributed by atoms with Gasteiger partial charge in [-0.15, -0.1) is 0 Å². The van der Waals surface area contributed by atoms with Crippen LogP contribution in [0.2, 0.25) is 0 Å². The Kier molecular flexibility index (Phi) is 5.47. The topological polar surface area (TPSA) is 66.4 Å². The van der Waals surface area contributed by atoms with Gasteiger partial charge >= 0.3 is 5.97 Å². The summed E-state index contributed by atoms with van der Waals surface area (Å²) < 4.78 is 13.3. The highest BCUT2D eigenvalue weighted by molar-refractivity contribution is 9.10. The van der Waals surface area contributed by atoms with E-state index in [9.17, 15) is 14.0 Å². The van der Waals surface area contributed by atoms with Gasteiger partial charge in [0.1, 0.15) is 11.9 Å². The predicted octanol–water partition coefficient (Wildman–Crippen LogP) is 2.36. The molecule has 2 N–H and O–H groups in total. The molecule has 0 unspecified atom stereocenters. The van der Waals surface area contributed by atoms with E-state index in [1.807, 2.05) is 0 Å². The van der Waals surface area contributed by atoms with Crippen LogP contribution in [0, 0.1) is 11.7 Å². The third-order valence-corrected chi connectivity index (χ3v) is 3.21. The van der Waals surface area contributed by atoms with E-state index < -0.39 is 23.7 Å². The average Bonchev–Trinajstić information content (AvgIpc) is 2.30. The van der Waals surface area contributed by atoms with Crippen LogP contribution in [0.15, 0.2) is 22.7 Å². The molecule has 1 rings (SSSR count). The molecule has 0 bridgehead atoms.